The molecule has 4 heteroatoms. The smallest absolute Gasteiger partial charge is 0.224 e. The Hall–Kier alpha value is -1.81. The van der Waals surface area contributed by atoms with E-state index in [1.807, 2.05) is 55.5 Å². The summed E-state index contributed by atoms with van der Waals surface area (Å²) in [7, 11) is 0. The van der Waals surface area contributed by atoms with E-state index in [9.17, 15) is 4.79 Å². The number of carbonyl (C=O) groups is 1. The van der Waals surface area contributed by atoms with Crippen molar-refractivity contribution in [3.05, 3.63) is 64.1 Å². The van der Waals surface area contributed by atoms with E-state index in [-0.39, 0.29) is 5.91 Å². The van der Waals surface area contributed by atoms with Crippen molar-refractivity contribution in [2.45, 2.75) is 13.3 Å². The molecule has 1 amide bonds. The van der Waals surface area contributed by atoms with Crippen LogP contribution in [0.2, 0.25) is 0 Å². The van der Waals surface area contributed by atoms with Crippen LogP contribution in [0.25, 0.3) is 0 Å². The Kier molecular flexibility index (Phi) is 5.81. The van der Waals surface area contributed by atoms with Crippen LogP contribution in [0.3, 0.4) is 0 Å². The van der Waals surface area contributed by atoms with E-state index in [0.29, 0.717) is 19.6 Å². The molecule has 0 saturated carbocycles. The summed E-state index contributed by atoms with van der Waals surface area (Å²) < 4.78 is 6.54. The van der Waals surface area contributed by atoms with Gasteiger partial charge in [0, 0.05) is 4.47 Å². The Morgan fingerprint density at radius 2 is 2.00 bits per heavy atom. The molecule has 110 valence electrons. The molecular formula is C17H18BrNO2. The predicted octanol–water partition coefficient (Wildman–Crippen LogP) is 3.50. The van der Waals surface area contributed by atoms with Crippen LogP contribution in [-0.2, 0) is 11.2 Å². The van der Waals surface area contributed by atoms with E-state index in [1.165, 1.54) is 0 Å². The molecular weight excluding hydrogens is 330 g/mol. The molecule has 2 aromatic rings. The number of halogens is 1. The van der Waals surface area contributed by atoms with Gasteiger partial charge in [0.15, 0.2) is 0 Å². The van der Waals surface area contributed by atoms with Crippen molar-refractivity contribution >= 4 is 21.8 Å². The first-order valence-corrected chi connectivity index (χ1v) is 7.64. The zero-order valence-corrected chi connectivity index (χ0v) is 13.5. The van der Waals surface area contributed by atoms with Gasteiger partial charge in [-0.25, -0.2) is 0 Å². The van der Waals surface area contributed by atoms with Gasteiger partial charge in [0.2, 0.25) is 5.91 Å². The summed E-state index contributed by atoms with van der Waals surface area (Å²) in [4.78, 5) is 11.8. The number of aryl methyl sites for hydroxylation is 1. The Labute approximate surface area is 133 Å². The summed E-state index contributed by atoms with van der Waals surface area (Å²) in [5.74, 6) is 0.824. The van der Waals surface area contributed by atoms with Crippen molar-refractivity contribution in [2.24, 2.45) is 0 Å². The molecule has 2 aromatic carbocycles. The number of carbonyl (C=O) groups excluding carboxylic acids is 1. The molecule has 3 nitrogen and oxygen atoms in total. The average Bonchev–Trinajstić information content (AvgIpc) is 2.46. The number of rotatable bonds is 6. The molecule has 2 rings (SSSR count). The van der Waals surface area contributed by atoms with E-state index >= 15 is 0 Å². The van der Waals surface area contributed by atoms with Crippen molar-refractivity contribution in [3.8, 4) is 5.75 Å². The Morgan fingerprint density at radius 3 is 2.76 bits per heavy atom. The van der Waals surface area contributed by atoms with Gasteiger partial charge in [-0.15, -0.1) is 0 Å². The Morgan fingerprint density at radius 1 is 1.19 bits per heavy atom. The van der Waals surface area contributed by atoms with Crippen molar-refractivity contribution in [2.75, 3.05) is 13.2 Å². The molecule has 0 bridgehead atoms. The summed E-state index contributed by atoms with van der Waals surface area (Å²) in [6.45, 7) is 2.98. The lowest BCUT2D eigenvalue weighted by Crippen LogP contribution is -2.29. The van der Waals surface area contributed by atoms with E-state index in [0.717, 1.165) is 21.3 Å². The van der Waals surface area contributed by atoms with Crippen LogP contribution in [0.5, 0.6) is 5.75 Å². The highest BCUT2D eigenvalue weighted by Crippen LogP contribution is 2.16. The standard InChI is InChI=1S/C17H18BrNO2/c1-13-5-4-7-15(11-13)21-10-9-19-17(20)12-14-6-2-3-8-16(14)18/h2-8,11H,9-10,12H2,1H3,(H,19,20). The summed E-state index contributed by atoms with van der Waals surface area (Å²) in [5.41, 5.74) is 2.14. The van der Waals surface area contributed by atoms with Crippen molar-refractivity contribution < 1.29 is 9.53 Å². The van der Waals surface area contributed by atoms with Crippen LogP contribution in [0.15, 0.2) is 53.0 Å². The zero-order valence-electron chi connectivity index (χ0n) is 11.9. The minimum atomic E-state index is -0.00487. The molecule has 0 fully saturated rings. The molecule has 0 saturated heterocycles. The summed E-state index contributed by atoms with van der Waals surface area (Å²) in [6.07, 6.45) is 0.367. The highest BCUT2D eigenvalue weighted by atomic mass is 79.9. The van der Waals surface area contributed by atoms with Crippen LogP contribution in [0.1, 0.15) is 11.1 Å². The highest BCUT2D eigenvalue weighted by molar-refractivity contribution is 9.10. The van der Waals surface area contributed by atoms with Crippen molar-refractivity contribution in [3.63, 3.8) is 0 Å². The first-order chi connectivity index (χ1) is 10.1. The van der Waals surface area contributed by atoms with Gasteiger partial charge in [-0.3, -0.25) is 4.79 Å². The van der Waals surface area contributed by atoms with Crippen molar-refractivity contribution in [1.82, 2.24) is 5.32 Å². The summed E-state index contributed by atoms with van der Waals surface area (Å²) >= 11 is 3.44. The van der Waals surface area contributed by atoms with E-state index in [1.54, 1.807) is 0 Å². The molecule has 0 radical (unpaired) electrons. The van der Waals surface area contributed by atoms with Gasteiger partial charge < -0.3 is 10.1 Å². The minimum absolute atomic E-state index is 0.00487. The average molecular weight is 348 g/mol. The van der Waals surface area contributed by atoms with Gasteiger partial charge in [0.05, 0.1) is 13.0 Å². The maximum absolute atomic E-state index is 11.8. The SMILES string of the molecule is Cc1cccc(OCCNC(=O)Cc2ccccc2Br)c1. The Balaban J connectivity index is 1.71. The van der Waals surface area contributed by atoms with E-state index in [2.05, 4.69) is 21.2 Å². The molecule has 0 aliphatic carbocycles. The van der Waals surface area contributed by atoms with Crippen molar-refractivity contribution in [1.29, 1.82) is 0 Å². The van der Waals surface area contributed by atoms with Gasteiger partial charge in [-0.1, -0.05) is 46.3 Å². The van der Waals surface area contributed by atoms with Gasteiger partial charge in [-0.2, -0.15) is 0 Å². The fourth-order valence-electron chi connectivity index (χ4n) is 1.94. The quantitative estimate of drug-likeness (QED) is 0.812. The van der Waals surface area contributed by atoms with Gasteiger partial charge in [-0.05, 0) is 36.2 Å². The lowest BCUT2D eigenvalue weighted by atomic mass is 10.1. The van der Waals surface area contributed by atoms with E-state index < -0.39 is 0 Å². The number of hydrogen-bond donors (Lipinski definition) is 1. The summed E-state index contributed by atoms with van der Waals surface area (Å²) in [6, 6.07) is 15.6. The van der Waals surface area contributed by atoms with Crippen LogP contribution in [-0.4, -0.2) is 19.1 Å². The minimum Gasteiger partial charge on any atom is -0.492 e. The molecule has 0 aliphatic rings. The number of amides is 1. The Bertz CT molecular complexity index is 613. The maximum Gasteiger partial charge on any atom is 0.224 e. The van der Waals surface area contributed by atoms with Crippen LogP contribution in [0.4, 0.5) is 0 Å². The lowest BCUT2D eigenvalue weighted by molar-refractivity contribution is -0.120. The summed E-state index contributed by atoms with van der Waals surface area (Å²) in [5, 5.41) is 2.86. The van der Waals surface area contributed by atoms with Crippen LogP contribution in [0, 0.1) is 6.92 Å². The fraction of sp³-hybridized carbons (Fsp3) is 0.235. The molecule has 0 aliphatic heterocycles. The molecule has 0 atom stereocenters. The predicted molar refractivity (Wildman–Crippen MR) is 87.5 cm³/mol. The number of benzene rings is 2. The molecule has 0 heterocycles. The fourth-order valence-corrected chi connectivity index (χ4v) is 2.37. The van der Waals surface area contributed by atoms with Gasteiger partial charge in [0.1, 0.15) is 12.4 Å². The third-order valence-corrected chi connectivity index (χ3v) is 3.76. The zero-order chi connectivity index (χ0) is 15.1. The normalized spacial score (nSPS) is 10.2. The monoisotopic (exact) mass is 347 g/mol. The number of hydrogen-bond acceptors (Lipinski definition) is 2. The van der Waals surface area contributed by atoms with Gasteiger partial charge >= 0.3 is 0 Å². The van der Waals surface area contributed by atoms with Crippen LogP contribution < -0.4 is 10.1 Å². The van der Waals surface area contributed by atoms with Gasteiger partial charge in [0.25, 0.3) is 0 Å². The van der Waals surface area contributed by atoms with Crippen LogP contribution >= 0.6 is 15.9 Å². The third-order valence-electron chi connectivity index (χ3n) is 2.99. The second kappa shape index (κ2) is 7.84. The lowest BCUT2D eigenvalue weighted by Gasteiger charge is -2.09. The highest BCUT2D eigenvalue weighted by Gasteiger charge is 2.05. The molecule has 0 aromatic heterocycles. The van der Waals surface area contributed by atoms with E-state index in [4.69, 9.17) is 4.74 Å². The number of nitrogens with one attached hydrogen (secondary N) is 1. The molecule has 0 spiro atoms. The second-order valence-electron chi connectivity index (χ2n) is 4.78. The maximum atomic E-state index is 11.8. The topological polar surface area (TPSA) is 38.3 Å². The first-order valence-electron chi connectivity index (χ1n) is 6.85. The second-order valence-corrected chi connectivity index (χ2v) is 5.64. The molecule has 1 N–H and O–H groups in total. The number of ether oxygens (including phenoxy) is 1. The molecule has 0 unspecified atom stereocenters. The molecule has 21 heavy (non-hydrogen) atoms. The third kappa shape index (κ3) is 5.23. The largest absolute Gasteiger partial charge is 0.492 e. The first kappa shape index (κ1) is 15.6.